The first-order valence-corrected chi connectivity index (χ1v) is 8.79. The molecule has 0 saturated carbocycles. The van der Waals surface area contributed by atoms with Gasteiger partial charge in [-0.2, -0.15) is 0 Å². The quantitative estimate of drug-likeness (QED) is 0.310. The van der Waals surface area contributed by atoms with Crippen molar-refractivity contribution in [2.45, 2.75) is 13.1 Å². The number of hydrogen-bond donors (Lipinski definition) is 0. The maximum Gasteiger partial charge on any atom is 0.243 e. The van der Waals surface area contributed by atoms with E-state index in [4.69, 9.17) is 0 Å². The Balaban J connectivity index is 0.000000261. The highest BCUT2D eigenvalue weighted by Gasteiger charge is 2.00. The Morgan fingerprint density at radius 2 is 0.964 bits per heavy atom. The molecular formula is C22H26Cl2N4. The minimum Gasteiger partial charge on any atom is -1.00 e. The van der Waals surface area contributed by atoms with Crippen LogP contribution in [-0.4, -0.2) is 9.13 Å². The van der Waals surface area contributed by atoms with Crippen molar-refractivity contribution in [1.29, 1.82) is 0 Å². The highest BCUT2D eigenvalue weighted by molar-refractivity contribution is 5.15. The average Bonchev–Trinajstić information content (AvgIpc) is 3.25. The first-order chi connectivity index (χ1) is 12.7. The molecule has 0 amide bonds. The van der Waals surface area contributed by atoms with Gasteiger partial charge < -0.3 is 24.8 Å². The molecule has 0 unspecified atom stereocenters. The second kappa shape index (κ2) is 12.0. The average molecular weight is 417 g/mol. The van der Waals surface area contributed by atoms with Crippen LogP contribution in [0.5, 0.6) is 0 Å². The Hall–Kier alpha value is -2.56. The first kappa shape index (κ1) is 23.5. The summed E-state index contributed by atoms with van der Waals surface area (Å²) in [5.74, 6) is 0. The van der Waals surface area contributed by atoms with E-state index in [-0.39, 0.29) is 24.8 Å². The fraction of sp³-hybridized carbons (Fsp3) is 0.182. The van der Waals surface area contributed by atoms with Gasteiger partial charge in [-0.1, -0.05) is 60.7 Å². The highest BCUT2D eigenvalue weighted by Crippen LogP contribution is 2.01. The Labute approximate surface area is 179 Å². The van der Waals surface area contributed by atoms with Gasteiger partial charge in [-0.3, -0.25) is 0 Å². The molecule has 0 atom stereocenters. The van der Waals surface area contributed by atoms with Crippen LogP contribution in [0.1, 0.15) is 11.1 Å². The fourth-order valence-corrected chi connectivity index (χ4v) is 2.78. The summed E-state index contributed by atoms with van der Waals surface area (Å²) < 4.78 is 8.41. The number of aromatic nitrogens is 4. The van der Waals surface area contributed by atoms with E-state index in [1.54, 1.807) is 0 Å². The molecular weight excluding hydrogens is 391 g/mol. The van der Waals surface area contributed by atoms with E-state index < -0.39 is 0 Å². The molecule has 0 saturated heterocycles. The normalized spacial score (nSPS) is 9.50. The van der Waals surface area contributed by atoms with Gasteiger partial charge >= 0.3 is 0 Å². The molecule has 0 radical (unpaired) electrons. The molecule has 2 heterocycles. The van der Waals surface area contributed by atoms with Gasteiger partial charge in [0, 0.05) is 0 Å². The van der Waals surface area contributed by atoms with E-state index >= 15 is 0 Å². The molecule has 0 aliphatic rings. The van der Waals surface area contributed by atoms with Crippen molar-refractivity contribution in [3.05, 3.63) is 109 Å². The van der Waals surface area contributed by atoms with Crippen molar-refractivity contribution < 1.29 is 33.9 Å². The molecule has 2 aromatic carbocycles. The van der Waals surface area contributed by atoms with Crippen LogP contribution < -0.4 is 33.9 Å². The molecule has 0 aliphatic heterocycles. The second-order valence-electron chi connectivity index (χ2n) is 6.47. The number of rotatable bonds is 4. The van der Waals surface area contributed by atoms with Gasteiger partial charge in [0.05, 0.1) is 14.1 Å². The first-order valence-electron chi connectivity index (χ1n) is 8.79. The summed E-state index contributed by atoms with van der Waals surface area (Å²) >= 11 is 0. The monoisotopic (exact) mass is 416 g/mol. The Morgan fingerprint density at radius 3 is 1.25 bits per heavy atom. The number of benzene rings is 2. The molecule has 4 nitrogen and oxygen atoms in total. The van der Waals surface area contributed by atoms with Crippen molar-refractivity contribution in [2.75, 3.05) is 0 Å². The lowest BCUT2D eigenvalue weighted by Crippen LogP contribution is -3.00. The standard InChI is InChI=1S/2C11H13N2.2ClH/c2*1-12-7-8-13(10-12)9-11-5-3-2-4-6-11;;/h2*2-8,10H,9H2,1H3;2*1H/q2*+1;;/p-2. The third-order valence-corrected chi connectivity index (χ3v) is 4.06. The van der Waals surface area contributed by atoms with Crippen molar-refractivity contribution >= 4 is 0 Å². The third-order valence-electron chi connectivity index (χ3n) is 4.06. The van der Waals surface area contributed by atoms with Crippen LogP contribution in [0.4, 0.5) is 0 Å². The van der Waals surface area contributed by atoms with Crippen LogP contribution in [0.15, 0.2) is 98.1 Å². The van der Waals surface area contributed by atoms with Crippen LogP contribution >= 0.6 is 0 Å². The minimum atomic E-state index is 0. The van der Waals surface area contributed by atoms with E-state index in [9.17, 15) is 0 Å². The van der Waals surface area contributed by atoms with Gasteiger partial charge in [0.1, 0.15) is 37.9 Å². The lowest BCUT2D eigenvalue weighted by Gasteiger charge is -1.95. The molecule has 2 aromatic heterocycles. The SMILES string of the molecule is C[n+]1ccn(Cc2ccccc2)c1.C[n+]1ccn(Cc2ccccc2)c1.[Cl-].[Cl-]. The maximum atomic E-state index is 2.16. The maximum absolute atomic E-state index is 2.16. The number of nitrogens with zero attached hydrogens (tertiary/aromatic N) is 4. The summed E-state index contributed by atoms with van der Waals surface area (Å²) in [5, 5.41) is 0. The fourth-order valence-electron chi connectivity index (χ4n) is 2.78. The van der Waals surface area contributed by atoms with Gasteiger partial charge in [0.25, 0.3) is 0 Å². The lowest BCUT2D eigenvalue weighted by atomic mass is 10.2. The minimum absolute atomic E-state index is 0. The predicted molar refractivity (Wildman–Crippen MR) is 102 cm³/mol. The van der Waals surface area contributed by atoms with Gasteiger partial charge in [-0.15, -0.1) is 0 Å². The molecule has 4 rings (SSSR count). The van der Waals surface area contributed by atoms with Crippen molar-refractivity contribution in [3.63, 3.8) is 0 Å². The van der Waals surface area contributed by atoms with Crippen LogP contribution in [0.3, 0.4) is 0 Å². The van der Waals surface area contributed by atoms with Crippen molar-refractivity contribution in [2.24, 2.45) is 14.1 Å². The topological polar surface area (TPSA) is 17.6 Å². The summed E-state index contributed by atoms with van der Waals surface area (Å²) in [6.07, 6.45) is 12.4. The lowest BCUT2D eigenvalue weighted by molar-refractivity contribution is -0.671. The molecule has 0 aliphatic carbocycles. The van der Waals surface area contributed by atoms with Crippen LogP contribution in [0.25, 0.3) is 0 Å². The van der Waals surface area contributed by atoms with E-state index in [2.05, 4.69) is 82.7 Å². The smallest absolute Gasteiger partial charge is 0.243 e. The molecule has 28 heavy (non-hydrogen) atoms. The number of hydrogen-bond acceptors (Lipinski definition) is 0. The van der Waals surface area contributed by atoms with Gasteiger partial charge in [-0.05, 0) is 11.1 Å². The second-order valence-corrected chi connectivity index (χ2v) is 6.47. The molecule has 0 N–H and O–H groups in total. The summed E-state index contributed by atoms with van der Waals surface area (Å²) in [6.45, 7) is 1.89. The summed E-state index contributed by atoms with van der Waals surface area (Å²) in [6, 6.07) is 20.9. The van der Waals surface area contributed by atoms with Crippen LogP contribution in [0.2, 0.25) is 0 Å². The summed E-state index contributed by atoms with van der Waals surface area (Å²) in [5.41, 5.74) is 2.66. The van der Waals surface area contributed by atoms with Crippen molar-refractivity contribution in [1.82, 2.24) is 9.13 Å². The van der Waals surface area contributed by atoms with Crippen LogP contribution in [-0.2, 0) is 27.2 Å². The molecule has 6 heteroatoms. The van der Waals surface area contributed by atoms with E-state index in [0.717, 1.165) is 13.1 Å². The number of imidazole rings is 2. The molecule has 148 valence electrons. The summed E-state index contributed by atoms with van der Waals surface area (Å²) in [7, 11) is 4.06. The van der Waals surface area contributed by atoms with Gasteiger partial charge in [0.15, 0.2) is 0 Å². The third kappa shape index (κ3) is 7.59. The zero-order valence-corrected chi connectivity index (χ0v) is 17.7. The number of aryl methyl sites for hydroxylation is 2. The summed E-state index contributed by atoms with van der Waals surface area (Å²) in [4.78, 5) is 0. The molecule has 4 aromatic rings. The predicted octanol–water partition coefficient (Wildman–Crippen LogP) is -3.27. The molecule has 0 spiro atoms. The zero-order valence-electron chi connectivity index (χ0n) is 16.2. The van der Waals surface area contributed by atoms with Crippen LogP contribution in [0, 0.1) is 0 Å². The highest BCUT2D eigenvalue weighted by atomic mass is 35.5. The molecule has 0 bridgehead atoms. The van der Waals surface area contributed by atoms with Crippen molar-refractivity contribution in [3.8, 4) is 0 Å². The van der Waals surface area contributed by atoms with Gasteiger partial charge in [-0.25, -0.2) is 18.3 Å². The largest absolute Gasteiger partial charge is 1.00 e. The Kier molecular flexibility index (Phi) is 10.1. The van der Waals surface area contributed by atoms with Gasteiger partial charge in [0.2, 0.25) is 12.7 Å². The zero-order chi connectivity index (χ0) is 18.2. The van der Waals surface area contributed by atoms with E-state index in [0.29, 0.717) is 0 Å². The number of halogens is 2. The molecule has 0 fully saturated rings. The van der Waals surface area contributed by atoms with E-state index in [1.165, 1.54) is 11.1 Å². The Bertz CT molecular complexity index is 840. The van der Waals surface area contributed by atoms with E-state index in [1.807, 2.05) is 47.8 Å². The Morgan fingerprint density at radius 1 is 0.607 bits per heavy atom.